The van der Waals surface area contributed by atoms with Gasteiger partial charge in [-0.2, -0.15) is 4.72 Å². The fourth-order valence-electron chi connectivity index (χ4n) is 5.04. The minimum atomic E-state index is -1.25. The van der Waals surface area contributed by atoms with E-state index in [2.05, 4.69) is 31.8 Å². The predicted octanol–water partition coefficient (Wildman–Crippen LogP) is 3.34. The summed E-state index contributed by atoms with van der Waals surface area (Å²) in [6, 6.07) is 11.5. The lowest BCUT2D eigenvalue weighted by atomic mass is 9.96. The van der Waals surface area contributed by atoms with Crippen LogP contribution in [0.3, 0.4) is 0 Å². The van der Waals surface area contributed by atoms with Crippen LogP contribution in [0.1, 0.15) is 41.4 Å². The van der Waals surface area contributed by atoms with Gasteiger partial charge in [-0.25, -0.2) is 15.0 Å². The molecule has 3 aromatic rings. The van der Waals surface area contributed by atoms with E-state index in [4.69, 9.17) is 9.72 Å². The van der Waals surface area contributed by atoms with Crippen molar-refractivity contribution in [2.75, 3.05) is 29.9 Å². The number of nitrogens with zero attached hydrogens (tertiary/aromatic N) is 5. The number of aromatic nitrogens is 3. The van der Waals surface area contributed by atoms with E-state index in [-0.39, 0.29) is 11.9 Å². The van der Waals surface area contributed by atoms with Crippen molar-refractivity contribution in [2.24, 2.45) is 0 Å². The number of piperidine rings is 1. The average Bonchev–Trinajstić information content (AvgIpc) is 3.32. The van der Waals surface area contributed by atoms with Crippen molar-refractivity contribution >= 4 is 34.7 Å². The lowest BCUT2D eigenvalue weighted by Crippen LogP contribution is -2.50. The summed E-state index contributed by atoms with van der Waals surface area (Å²) in [5.74, 6) is 1.75. The molecule has 1 amide bonds. The highest BCUT2D eigenvalue weighted by molar-refractivity contribution is 7.92. The molecule has 37 heavy (non-hydrogen) atoms. The zero-order valence-corrected chi connectivity index (χ0v) is 22.0. The third-order valence-corrected chi connectivity index (χ3v) is 7.38. The minimum Gasteiger partial charge on any atom is -0.593 e. The first-order chi connectivity index (χ1) is 17.9. The van der Waals surface area contributed by atoms with Gasteiger partial charge < -0.3 is 19.5 Å². The SMILES string of the molecule is COc1cccc(Nc2ncc3c(n2)CN([C@@H]2CCN(C(=O)c4ccnc(N[S+](C)[O-])c4)[C@H](C)C2)C3)c1. The van der Waals surface area contributed by atoms with E-state index < -0.39 is 11.4 Å². The molecule has 2 aliphatic heterocycles. The molecular weight excluding hydrogens is 490 g/mol. The Hall–Kier alpha value is -3.41. The molecule has 0 spiro atoms. The Morgan fingerprint density at radius 2 is 2.08 bits per heavy atom. The number of amides is 1. The summed E-state index contributed by atoms with van der Waals surface area (Å²) < 4.78 is 19.5. The lowest BCUT2D eigenvalue weighted by Gasteiger charge is -2.41. The number of fused-ring (bicyclic) bond motifs is 1. The van der Waals surface area contributed by atoms with E-state index in [1.54, 1.807) is 25.4 Å². The Balaban J connectivity index is 1.20. The van der Waals surface area contributed by atoms with E-state index in [9.17, 15) is 9.35 Å². The third-order valence-electron chi connectivity index (χ3n) is 6.89. The zero-order chi connectivity index (χ0) is 25.9. The number of hydrogen-bond acceptors (Lipinski definition) is 9. The number of benzene rings is 1. The molecule has 1 aromatic carbocycles. The van der Waals surface area contributed by atoms with Crippen LogP contribution in [0, 0.1) is 0 Å². The normalized spacial score (nSPS) is 20.3. The van der Waals surface area contributed by atoms with Gasteiger partial charge in [-0.1, -0.05) is 6.07 Å². The number of methoxy groups -OCH3 is 1. The monoisotopic (exact) mass is 521 g/mol. The number of rotatable bonds is 7. The summed E-state index contributed by atoms with van der Waals surface area (Å²) in [5, 5.41) is 3.27. The summed E-state index contributed by atoms with van der Waals surface area (Å²) in [7, 11) is 1.64. The summed E-state index contributed by atoms with van der Waals surface area (Å²) in [6.07, 6.45) is 6.78. The minimum absolute atomic E-state index is 0.0258. The van der Waals surface area contributed by atoms with Gasteiger partial charge in [-0.3, -0.25) is 9.69 Å². The molecule has 194 valence electrons. The Morgan fingerprint density at radius 1 is 1.22 bits per heavy atom. The maximum Gasteiger partial charge on any atom is 0.254 e. The van der Waals surface area contributed by atoms with Crippen molar-refractivity contribution in [1.82, 2.24) is 24.8 Å². The summed E-state index contributed by atoms with van der Waals surface area (Å²) in [6.45, 7) is 4.36. The van der Waals surface area contributed by atoms with E-state index in [0.29, 0.717) is 29.9 Å². The largest absolute Gasteiger partial charge is 0.593 e. The van der Waals surface area contributed by atoms with Crippen molar-refractivity contribution < 1.29 is 14.1 Å². The second-order valence-electron chi connectivity index (χ2n) is 9.44. The first kappa shape index (κ1) is 25.2. The zero-order valence-electron chi connectivity index (χ0n) is 21.2. The van der Waals surface area contributed by atoms with Crippen LogP contribution in [0.5, 0.6) is 5.75 Å². The number of nitrogens with one attached hydrogen (secondary N) is 2. The van der Waals surface area contributed by atoms with Crippen LogP contribution >= 0.6 is 0 Å². The van der Waals surface area contributed by atoms with Gasteiger partial charge in [0.25, 0.3) is 5.91 Å². The van der Waals surface area contributed by atoms with Gasteiger partial charge >= 0.3 is 0 Å². The van der Waals surface area contributed by atoms with Crippen LogP contribution in [0.15, 0.2) is 48.8 Å². The summed E-state index contributed by atoms with van der Waals surface area (Å²) >= 11 is -1.25. The van der Waals surface area contributed by atoms with Gasteiger partial charge in [0.05, 0.1) is 24.2 Å². The van der Waals surface area contributed by atoms with Gasteiger partial charge in [-0.05, 0) is 44.0 Å². The maximum atomic E-state index is 13.2. The van der Waals surface area contributed by atoms with Gasteiger partial charge in [0, 0.05) is 67.0 Å². The fourth-order valence-corrected chi connectivity index (χ4v) is 5.45. The number of likely N-dealkylation sites (tertiary alicyclic amines) is 1. The lowest BCUT2D eigenvalue weighted by molar-refractivity contribution is 0.0460. The highest BCUT2D eigenvalue weighted by Gasteiger charge is 2.35. The first-order valence-corrected chi connectivity index (χ1v) is 13.8. The highest BCUT2D eigenvalue weighted by atomic mass is 32.2. The van der Waals surface area contributed by atoms with Gasteiger partial charge in [0.1, 0.15) is 12.0 Å². The second kappa shape index (κ2) is 10.9. The number of hydrogen-bond donors (Lipinski definition) is 2. The molecule has 2 N–H and O–H groups in total. The standard InChI is InChI=1S/C26H31N7O3S/c1-17-11-21(8-10-33(17)25(34)18-7-9-27-24(12-18)31-37(3)35)32-15-19-14-28-26(30-23(19)16-32)29-20-5-4-6-22(13-20)36-2/h4-7,9,12-14,17,21H,8,10-11,15-16H2,1-3H3,(H,27,31)(H,28,29,30)/t17-,21-,37?/m1/s1. The number of carbonyl (C=O) groups excluding carboxylic acids is 1. The van der Waals surface area contributed by atoms with Crippen molar-refractivity contribution in [2.45, 2.75) is 44.9 Å². The van der Waals surface area contributed by atoms with Gasteiger partial charge in [0.2, 0.25) is 5.95 Å². The molecule has 1 unspecified atom stereocenters. The topological polar surface area (TPSA) is 119 Å². The smallest absolute Gasteiger partial charge is 0.254 e. The molecule has 3 atom stereocenters. The van der Waals surface area contributed by atoms with Crippen LogP contribution in [-0.4, -0.2) is 67.2 Å². The van der Waals surface area contributed by atoms with E-state index in [1.807, 2.05) is 35.4 Å². The van der Waals surface area contributed by atoms with Crippen molar-refractivity contribution in [1.29, 1.82) is 0 Å². The Morgan fingerprint density at radius 3 is 2.86 bits per heavy atom. The first-order valence-electron chi connectivity index (χ1n) is 12.3. The van der Waals surface area contributed by atoms with Crippen LogP contribution < -0.4 is 14.8 Å². The van der Waals surface area contributed by atoms with E-state index in [1.165, 1.54) is 6.26 Å². The van der Waals surface area contributed by atoms with E-state index >= 15 is 0 Å². The summed E-state index contributed by atoms with van der Waals surface area (Å²) in [4.78, 5) is 31.0. The van der Waals surface area contributed by atoms with Crippen LogP contribution in [-0.2, 0) is 24.5 Å². The van der Waals surface area contributed by atoms with Crippen molar-refractivity contribution in [3.05, 3.63) is 65.6 Å². The molecule has 2 aromatic heterocycles. The Labute approximate surface area is 219 Å². The molecule has 0 radical (unpaired) electrons. The van der Waals surface area contributed by atoms with Crippen LogP contribution in [0.2, 0.25) is 0 Å². The van der Waals surface area contributed by atoms with Gasteiger partial charge in [-0.15, -0.1) is 0 Å². The number of carbonyl (C=O) groups is 1. The molecule has 10 nitrogen and oxygen atoms in total. The molecular formula is C26H31N7O3S. The van der Waals surface area contributed by atoms with Crippen molar-refractivity contribution in [3.8, 4) is 5.75 Å². The molecule has 0 saturated carbocycles. The number of pyridine rings is 1. The summed E-state index contributed by atoms with van der Waals surface area (Å²) in [5.41, 5.74) is 3.61. The second-order valence-corrected chi connectivity index (χ2v) is 10.6. The molecule has 0 bridgehead atoms. The average molecular weight is 522 g/mol. The molecule has 11 heteroatoms. The predicted molar refractivity (Wildman–Crippen MR) is 143 cm³/mol. The van der Waals surface area contributed by atoms with Crippen LogP contribution in [0.25, 0.3) is 0 Å². The molecule has 5 rings (SSSR count). The Kier molecular flexibility index (Phi) is 7.45. The van der Waals surface area contributed by atoms with Crippen LogP contribution in [0.4, 0.5) is 17.5 Å². The quantitative estimate of drug-likeness (QED) is 0.451. The molecule has 4 heterocycles. The molecule has 2 aliphatic rings. The molecule has 0 aliphatic carbocycles. The van der Waals surface area contributed by atoms with E-state index in [0.717, 1.165) is 48.6 Å². The fraction of sp³-hybridized carbons (Fsp3) is 0.385. The molecule has 1 fully saturated rings. The van der Waals surface area contributed by atoms with Crippen molar-refractivity contribution in [3.63, 3.8) is 0 Å². The Bertz CT molecular complexity index is 1270. The number of ether oxygens (including phenoxy) is 1. The third kappa shape index (κ3) is 5.79. The molecule has 1 saturated heterocycles. The van der Waals surface area contributed by atoms with Gasteiger partial charge in [0.15, 0.2) is 5.82 Å². The highest BCUT2D eigenvalue weighted by Crippen LogP contribution is 2.31. The number of anilines is 3. The maximum absolute atomic E-state index is 13.2.